The normalized spacial score (nSPS) is 45.1. The molecule has 3 rings (SSSR count). The fraction of sp³-hybridized carbons (Fsp3) is 1.00. The van der Waals surface area contributed by atoms with Crippen LogP contribution >= 0.6 is 0 Å². The van der Waals surface area contributed by atoms with Gasteiger partial charge in [-0.05, 0) is 55.8 Å². The highest BCUT2D eigenvalue weighted by Gasteiger charge is 2.49. The van der Waals surface area contributed by atoms with Gasteiger partial charge >= 0.3 is 0 Å². The highest BCUT2D eigenvalue weighted by Crippen LogP contribution is 2.48. The van der Waals surface area contributed by atoms with E-state index >= 15 is 0 Å². The van der Waals surface area contributed by atoms with Crippen LogP contribution in [-0.4, -0.2) is 36.1 Å². The first-order valence-electron chi connectivity index (χ1n) is 8.77. The van der Waals surface area contributed by atoms with E-state index in [2.05, 4.69) is 20.8 Å². The van der Waals surface area contributed by atoms with Crippen LogP contribution in [0.4, 0.5) is 0 Å². The molecule has 0 radical (unpaired) electrons. The van der Waals surface area contributed by atoms with Crippen molar-refractivity contribution in [3.05, 3.63) is 0 Å². The fourth-order valence-electron chi connectivity index (χ4n) is 4.74. The predicted molar refractivity (Wildman–Crippen MR) is 83.2 cm³/mol. The van der Waals surface area contributed by atoms with E-state index in [0.717, 1.165) is 57.8 Å². The molecule has 2 aliphatic heterocycles. The van der Waals surface area contributed by atoms with Crippen molar-refractivity contribution < 1.29 is 14.6 Å². The molecule has 0 amide bonds. The third-order valence-corrected chi connectivity index (χ3v) is 6.40. The zero-order valence-electron chi connectivity index (χ0n) is 14.0. The van der Waals surface area contributed by atoms with E-state index in [9.17, 15) is 5.11 Å². The molecule has 21 heavy (non-hydrogen) atoms. The molecule has 2 unspecified atom stereocenters. The standard InChI is InChI=1S/C18H32O3/c1-16(2,3)14-4-7-18(19,8-5-14)15-6-10-21-17(12-15)9-11-20-13-17/h14-15,19H,4-13H2,1-3H3. The summed E-state index contributed by atoms with van der Waals surface area (Å²) < 4.78 is 11.6. The third-order valence-electron chi connectivity index (χ3n) is 6.40. The van der Waals surface area contributed by atoms with E-state index < -0.39 is 5.60 Å². The Morgan fingerprint density at radius 2 is 1.71 bits per heavy atom. The second-order valence-electron chi connectivity index (χ2n) is 8.77. The van der Waals surface area contributed by atoms with Crippen LogP contribution in [0.5, 0.6) is 0 Å². The van der Waals surface area contributed by atoms with E-state index in [4.69, 9.17) is 9.47 Å². The Morgan fingerprint density at radius 3 is 2.29 bits per heavy atom. The second kappa shape index (κ2) is 5.50. The van der Waals surface area contributed by atoms with E-state index in [-0.39, 0.29) is 5.60 Å². The Bertz CT molecular complexity index is 357. The van der Waals surface area contributed by atoms with Gasteiger partial charge in [0.05, 0.1) is 17.8 Å². The average molecular weight is 296 g/mol. The maximum atomic E-state index is 11.2. The van der Waals surface area contributed by atoms with Gasteiger partial charge in [0.2, 0.25) is 0 Å². The van der Waals surface area contributed by atoms with Gasteiger partial charge in [0, 0.05) is 19.6 Å². The topological polar surface area (TPSA) is 38.7 Å². The first-order chi connectivity index (χ1) is 9.83. The largest absolute Gasteiger partial charge is 0.390 e. The highest BCUT2D eigenvalue weighted by atomic mass is 16.6. The van der Waals surface area contributed by atoms with Crippen molar-refractivity contribution in [1.29, 1.82) is 0 Å². The summed E-state index contributed by atoms with van der Waals surface area (Å²) in [6.45, 7) is 9.34. The molecule has 3 aliphatic rings. The Hall–Kier alpha value is -0.120. The summed E-state index contributed by atoms with van der Waals surface area (Å²) in [5, 5.41) is 11.2. The lowest BCUT2D eigenvalue weighted by Crippen LogP contribution is -2.51. The molecule has 122 valence electrons. The van der Waals surface area contributed by atoms with Crippen LogP contribution in [0.25, 0.3) is 0 Å². The lowest BCUT2D eigenvalue weighted by atomic mass is 9.63. The van der Waals surface area contributed by atoms with E-state index in [1.165, 1.54) is 12.8 Å². The molecule has 0 aromatic carbocycles. The van der Waals surface area contributed by atoms with Gasteiger partial charge in [-0.25, -0.2) is 0 Å². The van der Waals surface area contributed by atoms with Crippen LogP contribution in [-0.2, 0) is 9.47 Å². The van der Waals surface area contributed by atoms with Crippen molar-refractivity contribution >= 4 is 0 Å². The maximum Gasteiger partial charge on any atom is 0.0940 e. The number of aliphatic hydroxyl groups is 1. The first kappa shape index (κ1) is 15.8. The van der Waals surface area contributed by atoms with Crippen LogP contribution < -0.4 is 0 Å². The number of hydrogen-bond acceptors (Lipinski definition) is 3. The SMILES string of the molecule is CC(C)(C)C1CCC(O)(C2CCOC3(CCOC3)C2)CC1. The molecule has 0 aromatic heterocycles. The molecule has 2 saturated heterocycles. The van der Waals surface area contributed by atoms with Crippen molar-refractivity contribution in [2.24, 2.45) is 17.3 Å². The van der Waals surface area contributed by atoms with Gasteiger partial charge in [0.15, 0.2) is 0 Å². The van der Waals surface area contributed by atoms with E-state index in [0.29, 0.717) is 11.3 Å². The van der Waals surface area contributed by atoms with E-state index in [1.54, 1.807) is 0 Å². The predicted octanol–water partition coefficient (Wildman–Crippen LogP) is 3.54. The zero-order chi connectivity index (χ0) is 15.1. The van der Waals surface area contributed by atoms with Gasteiger partial charge in [0.25, 0.3) is 0 Å². The summed E-state index contributed by atoms with van der Waals surface area (Å²) in [7, 11) is 0. The molecule has 2 atom stereocenters. The lowest BCUT2D eigenvalue weighted by molar-refractivity contribution is -0.156. The van der Waals surface area contributed by atoms with E-state index in [1.807, 2.05) is 0 Å². The second-order valence-corrected chi connectivity index (χ2v) is 8.77. The third kappa shape index (κ3) is 3.16. The molecule has 1 spiro atoms. The summed E-state index contributed by atoms with van der Waals surface area (Å²) in [6, 6.07) is 0. The van der Waals surface area contributed by atoms with Crippen LogP contribution in [0.3, 0.4) is 0 Å². The molecule has 0 aromatic rings. The lowest BCUT2D eigenvalue weighted by Gasteiger charge is -2.49. The van der Waals surface area contributed by atoms with Crippen molar-refractivity contribution in [2.75, 3.05) is 19.8 Å². The van der Waals surface area contributed by atoms with Gasteiger partial charge in [-0.2, -0.15) is 0 Å². The van der Waals surface area contributed by atoms with Crippen molar-refractivity contribution in [2.45, 2.75) is 76.9 Å². The average Bonchev–Trinajstić information content (AvgIpc) is 2.86. The smallest absolute Gasteiger partial charge is 0.0940 e. The molecule has 3 heteroatoms. The molecule has 1 aliphatic carbocycles. The monoisotopic (exact) mass is 296 g/mol. The minimum atomic E-state index is -0.457. The zero-order valence-corrected chi connectivity index (χ0v) is 14.0. The Labute approximate surface area is 129 Å². The maximum absolute atomic E-state index is 11.2. The number of ether oxygens (including phenoxy) is 2. The quantitative estimate of drug-likeness (QED) is 0.804. The van der Waals surface area contributed by atoms with Crippen molar-refractivity contribution in [3.63, 3.8) is 0 Å². The van der Waals surface area contributed by atoms with Gasteiger partial charge in [-0.3, -0.25) is 0 Å². The fourth-order valence-corrected chi connectivity index (χ4v) is 4.74. The molecule has 1 N–H and O–H groups in total. The molecular formula is C18H32O3. The van der Waals surface area contributed by atoms with Gasteiger partial charge in [-0.15, -0.1) is 0 Å². The van der Waals surface area contributed by atoms with Gasteiger partial charge in [-0.1, -0.05) is 20.8 Å². The van der Waals surface area contributed by atoms with Crippen LogP contribution in [0.2, 0.25) is 0 Å². The van der Waals surface area contributed by atoms with Gasteiger partial charge in [0.1, 0.15) is 0 Å². The molecule has 2 heterocycles. The Balaban J connectivity index is 1.63. The first-order valence-corrected chi connectivity index (χ1v) is 8.77. The Kier molecular flexibility index (Phi) is 4.13. The minimum Gasteiger partial charge on any atom is -0.390 e. The molecule has 0 bridgehead atoms. The molecular weight excluding hydrogens is 264 g/mol. The number of rotatable bonds is 1. The molecule has 3 nitrogen and oxygen atoms in total. The summed E-state index contributed by atoms with van der Waals surface area (Å²) in [6.07, 6.45) is 7.28. The molecule has 1 saturated carbocycles. The summed E-state index contributed by atoms with van der Waals surface area (Å²) in [4.78, 5) is 0. The Morgan fingerprint density at radius 1 is 1.00 bits per heavy atom. The van der Waals surface area contributed by atoms with Gasteiger partial charge < -0.3 is 14.6 Å². The highest BCUT2D eigenvalue weighted by molar-refractivity contribution is 5.00. The van der Waals surface area contributed by atoms with Crippen LogP contribution in [0.1, 0.15) is 65.7 Å². The van der Waals surface area contributed by atoms with Crippen LogP contribution in [0, 0.1) is 17.3 Å². The number of hydrogen-bond donors (Lipinski definition) is 1. The summed E-state index contributed by atoms with van der Waals surface area (Å²) >= 11 is 0. The summed E-state index contributed by atoms with van der Waals surface area (Å²) in [5.41, 5.74) is -0.168. The molecule has 3 fully saturated rings. The van der Waals surface area contributed by atoms with Crippen LogP contribution in [0.15, 0.2) is 0 Å². The van der Waals surface area contributed by atoms with Crippen molar-refractivity contribution in [1.82, 2.24) is 0 Å². The minimum absolute atomic E-state index is 0.0838. The van der Waals surface area contributed by atoms with Crippen molar-refractivity contribution in [3.8, 4) is 0 Å². The summed E-state index contributed by atoms with van der Waals surface area (Å²) in [5.74, 6) is 1.15.